The maximum absolute atomic E-state index is 14.2. The minimum atomic E-state index is -4.54. The fourth-order valence-electron chi connectivity index (χ4n) is 3.10. The lowest BCUT2D eigenvalue weighted by molar-refractivity contribution is -0.137. The van der Waals surface area contributed by atoms with Crippen LogP contribution in [0.3, 0.4) is 0 Å². The van der Waals surface area contributed by atoms with Crippen molar-refractivity contribution in [3.8, 4) is 16.9 Å². The van der Waals surface area contributed by atoms with Crippen molar-refractivity contribution < 1.29 is 22.0 Å². The third kappa shape index (κ3) is 3.03. The molecule has 140 valence electrons. The van der Waals surface area contributed by atoms with Gasteiger partial charge in [-0.05, 0) is 36.8 Å². The summed E-state index contributed by atoms with van der Waals surface area (Å²) in [6.07, 6.45) is -4.05. The van der Waals surface area contributed by atoms with Crippen molar-refractivity contribution in [3.63, 3.8) is 0 Å². The van der Waals surface area contributed by atoms with Crippen molar-refractivity contribution in [1.82, 2.24) is 9.78 Å². The second kappa shape index (κ2) is 6.23. The number of hydrogen-bond acceptors (Lipinski definition) is 2. The molecule has 2 aromatic carbocycles. The summed E-state index contributed by atoms with van der Waals surface area (Å²) < 4.78 is 67.9. The molecular weight excluding hydrogens is 389 g/mol. The Morgan fingerprint density at radius 1 is 1.07 bits per heavy atom. The molecule has 2 heterocycles. The average Bonchev–Trinajstić information content (AvgIpc) is 3.17. The van der Waals surface area contributed by atoms with Crippen LogP contribution in [-0.4, -0.2) is 16.3 Å². The van der Waals surface area contributed by atoms with E-state index in [-0.39, 0.29) is 22.0 Å². The zero-order valence-corrected chi connectivity index (χ0v) is 14.3. The van der Waals surface area contributed by atoms with E-state index in [0.29, 0.717) is 24.3 Å². The number of fused-ring (bicyclic) bond motifs is 1. The van der Waals surface area contributed by atoms with Gasteiger partial charge in [0.2, 0.25) is 0 Å². The predicted octanol–water partition coefficient (Wildman–Crippen LogP) is 5.46. The first kappa shape index (κ1) is 17.8. The Morgan fingerprint density at radius 2 is 1.85 bits per heavy atom. The molecule has 1 N–H and O–H groups in total. The molecule has 27 heavy (non-hydrogen) atoms. The molecule has 0 aliphatic carbocycles. The summed E-state index contributed by atoms with van der Waals surface area (Å²) in [5, 5.41) is 7.42. The number of aromatic nitrogens is 2. The van der Waals surface area contributed by atoms with E-state index < -0.39 is 23.4 Å². The smallest absolute Gasteiger partial charge is 0.369 e. The van der Waals surface area contributed by atoms with E-state index in [9.17, 15) is 22.0 Å². The molecular formula is C18H11ClF5N3. The number of anilines is 1. The molecule has 3 aromatic rings. The third-order valence-corrected chi connectivity index (χ3v) is 4.67. The average molecular weight is 400 g/mol. The van der Waals surface area contributed by atoms with E-state index in [0.717, 1.165) is 30.3 Å². The van der Waals surface area contributed by atoms with E-state index in [4.69, 9.17) is 11.6 Å². The standard InChI is InChI=1S/C18H11ClF5N3/c19-13-3-1-9(18(22,23)24)7-12(13)16-11-5-6-25-17(11)27(26-16)15-4-2-10(20)8-14(15)21/h1-4,7-8,25H,5-6H2. The largest absolute Gasteiger partial charge is 0.416 e. The molecule has 3 nitrogen and oxygen atoms in total. The minimum absolute atomic E-state index is 0.0172. The number of alkyl halides is 3. The molecule has 0 radical (unpaired) electrons. The van der Waals surface area contributed by atoms with Crippen LogP contribution in [0.5, 0.6) is 0 Å². The summed E-state index contributed by atoms with van der Waals surface area (Å²) in [5.74, 6) is -1.13. The molecule has 0 spiro atoms. The van der Waals surface area contributed by atoms with Gasteiger partial charge in [0.1, 0.15) is 17.3 Å². The maximum atomic E-state index is 14.2. The van der Waals surface area contributed by atoms with Crippen LogP contribution in [0, 0.1) is 11.6 Å². The summed E-state index contributed by atoms with van der Waals surface area (Å²) in [6.45, 7) is 0.513. The van der Waals surface area contributed by atoms with Crippen molar-refractivity contribution in [2.24, 2.45) is 0 Å². The third-order valence-electron chi connectivity index (χ3n) is 4.34. The van der Waals surface area contributed by atoms with Crippen LogP contribution >= 0.6 is 11.6 Å². The Kier molecular flexibility index (Phi) is 4.10. The highest BCUT2D eigenvalue weighted by molar-refractivity contribution is 6.33. The summed E-state index contributed by atoms with van der Waals surface area (Å²) in [7, 11) is 0. The van der Waals surface area contributed by atoms with Crippen molar-refractivity contribution in [3.05, 3.63) is 64.2 Å². The number of benzene rings is 2. The fourth-order valence-corrected chi connectivity index (χ4v) is 3.31. The van der Waals surface area contributed by atoms with E-state index in [1.807, 2.05) is 0 Å². The van der Waals surface area contributed by atoms with E-state index in [1.54, 1.807) is 0 Å². The van der Waals surface area contributed by atoms with Crippen LogP contribution in [-0.2, 0) is 12.6 Å². The van der Waals surface area contributed by atoms with E-state index in [2.05, 4.69) is 10.4 Å². The first-order valence-corrected chi connectivity index (χ1v) is 8.32. The van der Waals surface area contributed by atoms with Gasteiger partial charge in [0, 0.05) is 23.7 Å². The van der Waals surface area contributed by atoms with Crippen LogP contribution in [0.1, 0.15) is 11.1 Å². The van der Waals surface area contributed by atoms with Crippen LogP contribution in [0.15, 0.2) is 36.4 Å². The lowest BCUT2D eigenvalue weighted by Crippen LogP contribution is -2.07. The molecule has 1 aliphatic heterocycles. The highest BCUT2D eigenvalue weighted by atomic mass is 35.5. The number of halogens is 6. The molecule has 1 aromatic heterocycles. The zero-order chi connectivity index (χ0) is 19.3. The Hall–Kier alpha value is -2.61. The molecule has 0 saturated heterocycles. The lowest BCUT2D eigenvalue weighted by atomic mass is 10.0. The van der Waals surface area contributed by atoms with Gasteiger partial charge < -0.3 is 5.32 Å². The molecule has 0 amide bonds. The number of rotatable bonds is 2. The van der Waals surface area contributed by atoms with Crippen LogP contribution < -0.4 is 5.32 Å². The zero-order valence-electron chi connectivity index (χ0n) is 13.5. The second-order valence-corrected chi connectivity index (χ2v) is 6.46. The van der Waals surface area contributed by atoms with Gasteiger partial charge in [-0.15, -0.1) is 0 Å². The Bertz CT molecular complexity index is 1040. The Labute approximate surface area is 155 Å². The highest BCUT2D eigenvalue weighted by Gasteiger charge is 2.32. The summed E-state index contributed by atoms with van der Waals surface area (Å²) in [5.41, 5.74) is 0.0861. The molecule has 1 aliphatic rings. The number of nitrogens with one attached hydrogen (secondary N) is 1. The lowest BCUT2D eigenvalue weighted by Gasteiger charge is -2.10. The molecule has 0 bridgehead atoms. The topological polar surface area (TPSA) is 29.9 Å². The fraction of sp³-hybridized carbons (Fsp3) is 0.167. The van der Waals surface area contributed by atoms with Gasteiger partial charge in [0.15, 0.2) is 5.82 Å². The van der Waals surface area contributed by atoms with Gasteiger partial charge in [-0.3, -0.25) is 0 Å². The Balaban J connectivity index is 1.92. The Morgan fingerprint density at radius 3 is 2.56 bits per heavy atom. The van der Waals surface area contributed by atoms with Crippen LogP contribution in [0.2, 0.25) is 5.02 Å². The molecule has 0 unspecified atom stereocenters. The normalized spacial score (nSPS) is 13.6. The summed E-state index contributed by atoms with van der Waals surface area (Å²) >= 11 is 6.13. The van der Waals surface area contributed by atoms with Crippen LogP contribution in [0.25, 0.3) is 16.9 Å². The van der Waals surface area contributed by atoms with E-state index in [1.165, 1.54) is 10.7 Å². The van der Waals surface area contributed by atoms with Crippen molar-refractivity contribution >= 4 is 17.4 Å². The van der Waals surface area contributed by atoms with Crippen molar-refractivity contribution in [1.29, 1.82) is 0 Å². The van der Waals surface area contributed by atoms with Gasteiger partial charge in [0.05, 0.1) is 16.3 Å². The van der Waals surface area contributed by atoms with Crippen molar-refractivity contribution in [2.75, 3.05) is 11.9 Å². The molecule has 4 rings (SSSR count). The number of hydrogen-bond donors (Lipinski definition) is 1. The van der Waals surface area contributed by atoms with Gasteiger partial charge >= 0.3 is 6.18 Å². The summed E-state index contributed by atoms with van der Waals surface area (Å²) in [6, 6.07) is 5.99. The van der Waals surface area contributed by atoms with Crippen molar-refractivity contribution in [2.45, 2.75) is 12.6 Å². The van der Waals surface area contributed by atoms with Gasteiger partial charge in [-0.25, -0.2) is 13.5 Å². The predicted molar refractivity (Wildman–Crippen MR) is 91.1 cm³/mol. The minimum Gasteiger partial charge on any atom is -0.369 e. The first-order chi connectivity index (χ1) is 12.8. The highest BCUT2D eigenvalue weighted by Crippen LogP contribution is 2.40. The molecule has 0 fully saturated rings. The number of nitrogens with zero attached hydrogens (tertiary/aromatic N) is 2. The molecule has 0 saturated carbocycles. The molecule has 0 atom stereocenters. The first-order valence-electron chi connectivity index (χ1n) is 7.94. The van der Waals surface area contributed by atoms with Gasteiger partial charge in [-0.2, -0.15) is 18.3 Å². The quantitative estimate of drug-likeness (QED) is 0.580. The maximum Gasteiger partial charge on any atom is 0.416 e. The monoisotopic (exact) mass is 399 g/mol. The molecule has 9 heteroatoms. The van der Waals surface area contributed by atoms with Gasteiger partial charge in [-0.1, -0.05) is 11.6 Å². The van der Waals surface area contributed by atoms with Crippen LogP contribution in [0.4, 0.5) is 27.8 Å². The van der Waals surface area contributed by atoms with Gasteiger partial charge in [0.25, 0.3) is 0 Å². The van der Waals surface area contributed by atoms with E-state index >= 15 is 0 Å². The SMILES string of the molecule is Fc1ccc(-n2nc(-c3cc(C(F)(F)F)ccc3Cl)c3c2NCC3)c(F)c1. The second-order valence-electron chi connectivity index (χ2n) is 6.05. The summed E-state index contributed by atoms with van der Waals surface area (Å²) in [4.78, 5) is 0.